The summed E-state index contributed by atoms with van der Waals surface area (Å²) in [5, 5.41) is 9.32. The summed E-state index contributed by atoms with van der Waals surface area (Å²) in [7, 11) is -3.90. The zero-order chi connectivity index (χ0) is 36.5. The van der Waals surface area contributed by atoms with Gasteiger partial charge in [-0.2, -0.15) is 17.5 Å². The minimum absolute atomic E-state index is 0.000527. The number of ether oxygens (including phenoxy) is 2. The van der Waals surface area contributed by atoms with Gasteiger partial charge in [0.25, 0.3) is 5.56 Å². The summed E-state index contributed by atoms with van der Waals surface area (Å²) in [5.74, 6) is 1.18. The molecule has 3 heterocycles. The van der Waals surface area contributed by atoms with Gasteiger partial charge in [0.05, 0.1) is 58.3 Å². The standard InChI is InChI=1S/C36H31F3N6O5S2/c1-2-50-28-15-13-26(14-16-28)44-32(40-31-12-4-3-11-30(31)34(44)46)23-51-35-42-41-33(45(35)27-9-6-8-25(22-27)36(37,38)39)24-7-5-10-29(21-24)52(47,48)43-17-19-49-20-18-43/h3-16,21-22H,2,17-20,23H2,1H3. The summed E-state index contributed by atoms with van der Waals surface area (Å²) in [6.45, 7) is 3.26. The summed E-state index contributed by atoms with van der Waals surface area (Å²) >= 11 is 1.11. The van der Waals surface area contributed by atoms with Gasteiger partial charge < -0.3 is 9.47 Å². The summed E-state index contributed by atoms with van der Waals surface area (Å²) in [6, 6.07) is 24.7. The number of fused-ring (bicyclic) bond motifs is 1. The number of hydrogen-bond donors (Lipinski definition) is 0. The van der Waals surface area contributed by atoms with Crippen molar-refractivity contribution in [3.63, 3.8) is 0 Å². The number of nitrogens with zero attached hydrogens (tertiary/aromatic N) is 6. The molecule has 0 atom stereocenters. The lowest BCUT2D eigenvalue weighted by molar-refractivity contribution is -0.137. The average Bonchev–Trinajstić information content (AvgIpc) is 3.59. The van der Waals surface area contributed by atoms with Gasteiger partial charge in [0.15, 0.2) is 11.0 Å². The Kier molecular flexibility index (Phi) is 9.89. The molecule has 0 bridgehead atoms. The first-order chi connectivity index (χ1) is 25.0. The van der Waals surface area contributed by atoms with E-state index in [9.17, 15) is 26.4 Å². The number of para-hydroxylation sites is 1. The van der Waals surface area contributed by atoms with Gasteiger partial charge in [0, 0.05) is 18.7 Å². The number of aromatic nitrogens is 5. The van der Waals surface area contributed by atoms with E-state index in [0.717, 1.165) is 23.9 Å². The van der Waals surface area contributed by atoms with E-state index in [-0.39, 0.29) is 59.2 Å². The number of hydrogen-bond acceptors (Lipinski definition) is 9. The third-order valence-corrected chi connectivity index (χ3v) is 11.2. The molecular weight excluding hydrogens is 718 g/mol. The molecule has 52 heavy (non-hydrogen) atoms. The Morgan fingerprint density at radius 1 is 0.865 bits per heavy atom. The molecule has 2 aromatic heterocycles. The number of thioether (sulfide) groups is 1. The fourth-order valence-corrected chi connectivity index (χ4v) is 8.19. The maximum Gasteiger partial charge on any atom is 0.416 e. The quantitative estimate of drug-likeness (QED) is 0.147. The second-order valence-electron chi connectivity index (χ2n) is 11.6. The Morgan fingerprint density at radius 3 is 2.37 bits per heavy atom. The molecule has 1 saturated heterocycles. The van der Waals surface area contributed by atoms with Crippen molar-refractivity contribution < 1.29 is 31.1 Å². The smallest absolute Gasteiger partial charge is 0.416 e. The molecule has 268 valence electrons. The topological polar surface area (TPSA) is 121 Å². The highest BCUT2D eigenvalue weighted by molar-refractivity contribution is 7.98. The Bertz CT molecular complexity index is 2410. The van der Waals surface area contributed by atoms with Crippen molar-refractivity contribution in [2.45, 2.75) is 28.9 Å². The molecule has 6 aromatic rings. The first-order valence-electron chi connectivity index (χ1n) is 16.2. The molecule has 7 rings (SSSR count). The first-order valence-corrected chi connectivity index (χ1v) is 18.7. The molecule has 1 aliphatic rings. The van der Waals surface area contributed by atoms with Crippen LogP contribution in [0.15, 0.2) is 112 Å². The van der Waals surface area contributed by atoms with Crippen LogP contribution in [0.5, 0.6) is 5.75 Å². The minimum atomic E-state index is -4.63. The highest BCUT2D eigenvalue weighted by atomic mass is 32.2. The van der Waals surface area contributed by atoms with E-state index in [1.54, 1.807) is 60.7 Å². The van der Waals surface area contributed by atoms with Crippen LogP contribution in [0, 0.1) is 0 Å². The zero-order valence-corrected chi connectivity index (χ0v) is 29.3. The molecule has 1 aliphatic heterocycles. The molecule has 0 radical (unpaired) electrons. The molecule has 0 N–H and O–H groups in total. The van der Waals surface area contributed by atoms with Crippen LogP contribution >= 0.6 is 11.8 Å². The van der Waals surface area contributed by atoms with Gasteiger partial charge in [-0.1, -0.05) is 42.1 Å². The van der Waals surface area contributed by atoms with E-state index in [0.29, 0.717) is 40.3 Å². The number of halogens is 3. The number of morpholine rings is 1. The fourth-order valence-electron chi connectivity index (χ4n) is 5.87. The number of alkyl halides is 3. The monoisotopic (exact) mass is 748 g/mol. The summed E-state index contributed by atoms with van der Waals surface area (Å²) < 4.78 is 84.0. The van der Waals surface area contributed by atoms with Crippen LogP contribution in [-0.4, -0.2) is 69.9 Å². The van der Waals surface area contributed by atoms with Crippen molar-refractivity contribution in [1.82, 2.24) is 28.6 Å². The van der Waals surface area contributed by atoms with Crippen LogP contribution in [0.4, 0.5) is 13.2 Å². The third kappa shape index (κ3) is 7.06. The summed E-state index contributed by atoms with van der Waals surface area (Å²) in [6.07, 6.45) is -4.63. The predicted molar refractivity (Wildman–Crippen MR) is 189 cm³/mol. The maximum atomic E-state index is 13.9. The van der Waals surface area contributed by atoms with Crippen LogP contribution in [0.2, 0.25) is 0 Å². The highest BCUT2D eigenvalue weighted by Crippen LogP contribution is 2.35. The van der Waals surface area contributed by atoms with Crippen molar-refractivity contribution in [2.24, 2.45) is 0 Å². The lowest BCUT2D eigenvalue weighted by Gasteiger charge is -2.26. The maximum absolute atomic E-state index is 13.9. The van der Waals surface area contributed by atoms with Crippen molar-refractivity contribution in [3.8, 4) is 28.5 Å². The zero-order valence-electron chi connectivity index (χ0n) is 27.7. The van der Waals surface area contributed by atoms with Crippen molar-refractivity contribution >= 4 is 32.7 Å². The van der Waals surface area contributed by atoms with E-state index in [1.807, 2.05) is 6.92 Å². The van der Waals surface area contributed by atoms with Gasteiger partial charge in [-0.05, 0) is 73.7 Å². The van der Waals surface area contributed by atoms with Crippen LogP contribution in [0.1, 0.15) is 18.3 Å². The van der Waals surface area contributed by atoms with Gasteiger partial charge in [0.2, 0.25) is 10.0 Å². The average molecular weight is 749 g/mol. The van der Waals surface area contributed by atoms with E-state index in [4.69, 9.17) is 14.5 Å². The lowest BCUT2D eigenvalue weighted by Crippen LogP contribution is -2.40. The largest absolute Gasteiger partial charge is 0.494 e. The Morgan fingerprint density at radius 2 is 1.62 bits per heavy atom. The first kappa shape index (κ1) is 35.4. The molecular formula is C36H31F3N6O5S2. The lowest BCUT2D eigenvalue weighted by atomic mass is 10.1. The molecule has 1 fully saturated rings. The second-order valence-corrected chi connectivity index (χ2v) is 14.5. The van der Waals surface area contributed by atoms with E-state index >= 15 is 0 Å². The van der Waals surface area contributed by atoms with Gasteiger partial charge in [-0.15, -0.1) is 10.2 Å². The Balaban J connectivity index is 1.32. The predicted octanol–water partition coefficient (Wildman–Crippen LogP) is 6.36. The number of sulfonamides is 1. The molecule has 16 heteroatoms. The third-order valence-electron chi connectivity index (χ3n) is 8.35. The molecule has 4 aromatic carbocycles. The Labute approximate surface area is 300 Å². The van der Waals surface area contributed by atoms with Crippen molar-refractivity contribution in [2.75, 3.05) is 32.9 Å². The molecule has 0 saturated carbocycles. The van der Waals surface area contributed by atoms with E-state index in [2.05, 4.69) is 10.2 Å². The highest BCUT2D eigenvalue weighted by Gasteiger charge is 2.32. The molecule has 0 amide bonds. The Hall–Kier alpha value is -5.03. The van der Waals surface area contributed by atoms with E-state index in [1.165, 1.54) is 37.7 Å². The van der Waals surface area contributed by atoms with Crippen molar-refractivity contribution in [3.05, 3.63) is 119 Å². The summed E-state index contributed by atoms with van der Waals surface area (Å²) in [4.78, 5) is 18.7. The number of rotatable bonds is 10. The molecule has 0 spiro atoms. The van der Waals surface area contributed by atoms with Gasteiger partial charge in [-0.25, -0.2) is 13.4 Å². The van der Waals surface area contributed by atoms with Crippen LogP contribution in [0.25, 0.3) is 33.7 Å². The number of benzene rings is 4. The van der Waals surface area contributed by atoms with Gasteiger partial charge >= 0.3 is 6.18 Å². The van der Waals surface area contributed by atoms with Gasteiger partial charge in [-0.3, -0.25) is 13.9 Å². The van der Waals surface area contributed by atoms with Crippen molar-refractivity contribution in [1.29, 1.82) is 0 Å². The SMILES string of the molecule is CCOc1ccc(-n2c(CSc3nnc(-c4cccc(S(=O)(=O)N5CCOCC5)c4)n3-c3cccc(C(F)(F)F)c3)nc3ccccc3c2=O)cc1. The fraction of sp³-hybridized carbons (Fsp3) is 0.222. The van der Waals surface area contributed by atoms with Crippen LogP contribution in [0.3, 0.4) is 0 Å². The molecule has 0 unspecified atom stereocenters. The second kappa shape index (κ2) is 14.5. The molecule has 11 nitrogen and oxygen atoms in total. The summed E-state index contributed by atoms with van der Waals surface area (Å²) in [5.41, 5.74) is 0.257. The minimum Gasteiger partial charge on any atom is -0.494 e. The van der Waals surface area contributed by atoms with Gasteiger partial charge in [0.1, 0.15) is 11.6 Å². The molecule has 0 aliphatic carbocycles. The normalized spacial score (nSPS) is 14.2. The van der Waals surface area contributed by atoms with Crippen LogP contribution < -0.4 is 10.3 Å². The van der Waals surface area contributed by atoms with Crippen LogP contribution in [-0.2, 0) is 26.7 Å². The van der Waals surface area contributed by atoms with E-state index < -0.39 is 21.8 Å².